The molecule has 25 heavy (non-hydrogen) atoms. The van der Waals surface area contributed by atoms with E-state index in [-0.39, 0.29) is 12.3 Å². The second kappa shape index (κ2) is 7.57. The van der Waals surface area contributed by atoms with Crippen LogP contribution in [0, 0.1) is 0 Å². The summed E-state index contributed by atoms with van der Waals surface area (Å²) in [5, 5.41) is 4.82. The van der Waals surface area contributed by atoms with E-state index in [2.05, 4.69) is 10.3 Å². The molecule has 0 saturated carbocycles. The highest BCUT2D eigenvalue weighted by atomic mass is 16.5. The lowest BCUT2D eigenvalue weighted by atomic mass is 10.0. The van der Waals surface area contributed by atoms with Crippen LogP contribution in [-0.4, -0.2) is 24.0 Å². The van der Waals surface area contributed by atoms with Gasteiger partial charge in [0, 0.05) is 12.4 Å². The van der Waals surface area contributed by atoms with E-state index in [0.29, 0.717) is 5.56 Å². The van der Waals surface area contributed by atoms with Crippen LogP contribution in [0.1, 0.15) is 17.2 Å². The highest BCUT2D eigenvalue weighted by molar-refractivity contribution is 5.89. The summed E-state index contributed by atoms with van der Waals surface area (Å²) in [6.45, 7) is 0. The molecule has 2 aromatic carbocycles. The number of carbonyl (C=O) groups excluding carboxylic acids is 2. The lowest BCUT2D eigenvalue weighted by Crippen LogP contribution is -2.35. The monoisotopic (exact) mass is 334 g/mol. The second-order valence-electron chi connectivity index (χ2n) is 5.67. The number of carbonyl (C=O) groups is 2. The maximum Gasteiger partial charge on any atom is 0.333 e. The molecule has 1 N–H and O–H groups in total. The number of esters is 1. The number of nitrogens with one attached hydrogen (secondary N) is 1. The summed E-state index contributed by atoms with van der Waals surface area (Å²) in [5.41, 5.74) is 1.47. The normalized spacial score (nSPS) is 11.7. The quantitative estimate of drug-likeness (QED) is 0.729. The largest absolute Gasteiger partial charge is 0.467 e. The Morgan fingerprint density at radius 3 is 2.60 bits per heavy atom. The van der Waals surface area contributed by atoms with Crippen molar-refractivity contribution in [2.45, 2.75) is 12.5 Å². The lowest BCUT2D eigenvalue weighted by molar-refractivity contribution is -0.145. The molecule has 0 aliphatic carbocycles. The summed E-state index contributed by atoms with van der Waals surface area (Å²) >= 11 is 0. The smallest absolute Gasteiger partial charge is 0.333 e. The number of hydrogen-bond acceptors (Lipinski definition) is 4. The molecule has 126 valence electrons. The first kappa shape index (κ1) is 16.6. The van der Waals surface area contributed by atoms with E-state index in [1.165, 1.54) is 7.11 Å². The fourth-order valence-corrected chi connectivity index (χ4v) is 2.68. The molecule has 5 nitrogen and oxygen atoms in total. The van der Waals surface area contributed by atoms with Crippen LogP contribution in [0.5, 0.6) is 0 Å². The molecule has 3 rings (SSSR count). The van der Waals surface area contributed by atoms with Crippen molar-refractivity contribution in [3.63, 3.8) is 0 Å². The van der Waals surface area contributed by atoms with Crippen molar-refractivity contribution in [2.75, 3.05) is 7.11 Å². The Labute approximate surface area is 145 Å². The molecule has 0 aliphatic heterocycles. The molecular formula is C20H18N2O3. The Bertz CT molecular complexity index is 894. The number of pyridine rings is 1. The van der Waals surface area contributed by atoms with E-state index >= 15 is 0 Å². The van der Waals surface area contributed by atoms with Crippen molar-refractivity contribution in [1.29, 1.82) is 0 Å². The summed E-state index contributed by atoms with van der Waals surface area (Å²) in [6, 6.07) is 16.2. The van der Waals surface area contributed by atoms with Crippen LogP contribution in [0.3, 0.4) is 0 Å². The van der Waals surface area contributed by atoms with Gasteiger partial charge >= 0.3 is 5.97 Å². The molecule has 1 heterocycles. The predicted molar refractivity (Wildman–Crippen MR) is 94.8 cm³/mol. The van der Waals surface area contributed by atoms with Gasteiger partial charge in [-0.05, 0) is 34.0 Å². The Balaban J connectivity index is 1.83. The minimum Gasteiger partial charge on any atom is -0.467 e. The third-order valence-electron chi connectivity index (χ3n) is 3.94. The molecule has 0 fully saturated rings. The number of amides is 1. The average molecular weight is 334 g/mol. The van der Waals surface area contributed by atoms with Gasteiger partial charge in [0.2, 0.25) is 5.91 Å². The molecular weight excluding hydrogens is 316 g/mol. The Hall–Kier alpha value is -3.21. The minimum atomic E-state index is -0.848. The van der Waals surface area contributed by atoms with Gasteiger partial charge in [-0.3, -0.25) is 9.78 Å². The van der Waals surface area contributed by atoms with E-state index in [9.17, 15) is 9.59 Å². The fourth-order valence-electron chi connectivity index (χ4n) is 2.68. The zero-order chi connectivity index (χ0) is 17.6. The molecule has 1 unspecified atom stereocenters. The summed E-state index contributed by atoms with van der Waals surface area (Å²) < 4.78 is 4.86. The SMILES string of the molecule is COC(=O)C(NC(=O)Cc1cccnc1)c1ccc2ccccc2c1. The molecule has 1 aromatic heterocycles. The Morgan fingerprint density at radius 1 is 1.08 bits per heavy atom. The van der Waals surface area contributed by atoms with Gasteiger partial charge in [-0.25, -0.2) is 4.79 Å². The number of nitrogens with zero attached hydrogens (tertiary/aromatic N) is 1. The molecule has 5 heteroatoms. The van der Waals surface area contributed by atoms with Crippen molar-refractivity contribution in [1.82, 2.24) is 10.3 Å². The van der Waals surface area contributed by atoms with Crippen LogP contribution < -0.4 is 5.32 Å². The fraction of sp³-hybridized carbons (Fsp3) is 0.150. The maximum absolute atomic E-state index is 12.3. The Kier molecular flexibility index (Phi) is 5.04. The molecule has 0 aliphatic rings. The van der Waals surface area contributed by atoms with Crippen molar-refractivity contribution in [3.8, 4) is 0 Å². The third-order valence-corrected chi connectivity index (χ3v) is 3.94. The summed E-state index contributed by atoms with van der Waals surface area (Å²) in [6.07, 6.45) is 3.42. The second-order valence-corrected chi connectivity index (χ2v) is 5.67. The van der Waals surface area contributed by atoms with Gasteiger partial charge in [-0.1, -0.05) is 42.5 Å². The molecule has 0 radical (unpaired) electrons. The standard InChI is InChI=1S/C20H18N2O3/c1-25-20(24)19(22-18(23)11-14-5-4-10-21-13-14)17-9-8-15-6-2-3-7-16(15)12-17/h2-10,12-13,19H,11H2,1H3,(H,22,23). The summed E-state index contributed by atoms with van der Waals surface area (Å²) in [5.74, 6) is -0.772. The zero-order valence-corrected chi connectivity index (χ0v) is 13.8. The van der Waals surface area contributed by atoms with Gasteiger partial charge in [0.25, 0.3) is 0 Å². The number of fused-ring (bicyclic) bond motifs is 1. The van der Waals surface area contributed by atoms with Crippen LogP contribution in [0.4, 0.5) is 0 Å². The number of rotatable bonds is 5. The maximum atomic E-state index is 12.3. The average Bonchev–Trinajstić information content (AvgIpc) is 2.66. The topological polar surface area (TPSA) is 68.3 Å². The van der Waals surface area contributed by atoms with Gasteiger partial charge in [0.15, 0.2) is 6.04 Å². The van der Waals surface area contributed by atoms with E-state index < -0.39 is 12.0 Å². The van der Waals surface area contributed by atoms with Crippen molar-refractivity contribution in [3.05, 3.63) is 78.1 Å². The van der Waals surface area contributed by atoms with E-state index in [4.69, 9.17) is 4.74 Å². The third kappa shape index (κ3) is 4.01. The first-order valence-corrected chi connectivity index (χ1v) is 7.92. The van der Waals surface area contributed by atoms with Crippen molar-refractivity contribution < 1.29 is 14.3 Å². The van der Waals surface area contributed by atoms with Gasteiger partial charge in [-0.15, -0.1) is 0 Å². The lowest BCUT2D eigenvalue weighted by Gasteiger charge is -2.17. The van der Waals surface area contributed by atoms with E-state index in [0.717, 1.165) is 16.3 Å². The number of aromatic nitrogens is 1. The molecule has 1 amide bonds. The van der Waals surface area contributed by atoms with Crippen molar-refractivity contribution in [2.24, 2.45) is 0 Å². The number of benzene rings is 2. The van der Waals surface area contributed by atoms with Gasteiger partial charge in [0.1, 0.15) is 0 Å². The minimum absolute atomic E-state index is 0.148. The molecule has 1 atom stereocenters. The van der Waals surface area contributed by atoms with E-state index in [1.54, 1.807) is 18.5 Å². The van der Waals surface area contributed by atoms with Gasteiger partial charge in [-0.2, -0.15) is 0 Å². The van der Waals surface area contributed by atoms with Gasteiger partial charge in [0.05, 0.1) is 13.5 Å². The van der Waals surface area contributed by atoms with Crippen molar-refractivity contribution >= 4 is 22.6 Å². The number of ether oxygens (including phenoxy) is 1. The first-order chi connectivity index (χ1) is 12.2. The van der Waals surface area contributed by atoms with Crippen LogP contribution in [0.15, 0.2) is 67.0 Å². The molecule has 0 saturated heterocycles. The number of hydrogen-bond donors (Lipinski definition) is 1. The van der Waals surface area contributed by atoms with Crippen LogP contribution in [-0.2, 0) is 20.7 Å². The zero-order valence-electron chi connectivity index (χ0n) is 13.8. The first-order valence-electron chi connectivity index (χ1n) is 7.92. The van der Waals surface area contributed by atoms with E-state index in [1.807, 2.05) is 48.5 Å². The van der Waals surface area contributed by atoms with Gasteiger partial charge < -0.3 is 10.1 Å². The highest BCUT2D eigenvalue weighted by Crippen LogP contribution is 2.21. The summed E-state index contributed by atoms with van der Waals surface area (Å²) in [7, 11) is 1.31. The van der Waals surface area contributed by atoms with Crippen LogP contribution in [0.25, 0.3) is 10.8 Å². The Morgan fingerprint density at radius 2 is 1.88 bits per heavy atom. The predicted octanol–water partition coefficient (Wildman–Crippen LogP) is 2.81. The number of methoxy groups -OCH3 is 1. The highest BCUT2D eigenvalue weighted by Gasteiger charge is 2.23. The molecule has 3 aromatic rings. The molecule has 0 bridgehead atoms. The van der Waals surface area contributed by atoms with Crippen LogP contribution in [0.2, 0.25) is 0 Å². The molecule has 0 spiro atoms. The summed E-state index contributed by atoms with van der Waals surface area (Å²) in [4.78, 5) is 28.5. The van der Waals surface area contributed by atoms with Crippen LogP contribution >= 0.6 is 0 Å².